The standard InChI is InChI=1S/C15H16N2O4/c1-21-11-5-2-10(3-6-11)4-8-13(18)16-12-7-9-14(19)17-15(12)20/h2-6,8,12H,7,9H2,1H3,(H,16,18)(H,17,19,20)/b8-4+/t12-/m0/s1. The molecule has 0 bridgehead atoms. The SMILES string of the molecule is COc1ccc(/C=C/C(=O)N[C@H]2CCC(=O)NC2=O)cc1. The summed E-state index contributed by atoms with van der Waals surface area (Å²) < 4.78 is 5.04. The Hall–Kier alpha value is -2.63. The van der Waals surface area contributed by atoms with E-state index in [1.165, 1.54) is 6.08 Å². The summed E-state index contributed by atoms with van der Waals surface area (Å²) in [6, 6.07) is 6.55. The first-order valence-electron chi connectivity index (χ1n) is 6.55. The van der Waals surface area contributed by atoms with Crippen LogP contribution in [0.2, 0.25) is 0 Å². The fourth-order valence-corrected chi connectivity index (χ4v) is 1.94. The number of hydrogen-bond donors (Lipinski definition) is 2. The van der Waals surface area contributed by atoms with Gasteiger partial charge in [-0.2, -0.15) is 0 Å². The highest BCUT2D eigenvalue weighted by molar-refractivity contribution is 6.03. The molecule has 3 amide bonds. The van der Waals surface area contributed by atoms with Crippen molar-refractivity contribution in [3.05, 3.63) is 35.9 Å². The van der Waals surface area contributed by atoms with Crippen molar-refractivity contribution in [2.45, 2.75) is 18.9 Å². The Bertz CT molecular complexity index is 578. The van der Waals surface area contributed by atoms with Gasteiger partial charge in [-0.15, -0.1) is 0 Å². The molecule has 1 fully saturated rings. The van der Waals surface area contributed by atoms with E-state index in [2.05, 4.69) is 10.6 Å². The van der Waals surface area contributed by atoms with Crippen molar-refractivity contribution >= 4 is 23.8 Å². The van der Waals surface area contributed by atoms with Crippen LogP contribution in [0.1, 0.15) is 18.4 Å². The molecule has 110 valence electrons. The predicted molar refractivity (Wildman–Crippen MR) is 76.3 cm³/mol. The molecule has 6 heteroatoms. The highest BCUT2D eigenvalue weighted by Crippen LogP contribution is 2.12. The molecule has 6 nitrogen and oxygen atoms in total. The lowest BCUT2D eigenvalue weighted by molar-refractivity contribution is -0.136. The van der Waals surface area contributed by atoms with Crippen molar-refractivity contribution in [1.82, 2.24) is 10.6 Å². The first kappa shape index (κ1) is 14.8. The summed E-state index contributed by atoms with van der Waals surface area (Å²) in [5.41, 5.74) is 0.842. The molecule has 0 unspecified atom stereocenters. The Morgan fingerprint density at radius 3 is 2.67 bits per heavy atom. The van der Waals surface area contributed by atoms with E-state index >= 15 is 0 Å². The van der Waals surface area contributed by atoms with Crippen LogP contribution in [0.4, 0.5) is 0 Å². The van der Waals surface area contributed by atoms with Crippen LogP contribution >= 0.6 is 0 Å². The smallest absolute Gasteiger partial charge is 0.249 e. The van der Waals surface area contributed by atoms with Gasteiger partial charge < -0.3 is 10.1 Å². The maximum Gasteiger partial charge on any atom is 0.249 e. The van der Waals surface area contributed by atoms with Crippen LogP contribution in [-0.4, -0.2) is 30.9 Å². The minimum atomic E-state index is -0.657. The van der Waals surface area contributed by atoms with Gasteiger partial charge in [0.25, 0.3) is 0 Å². The van der Waals surface area contributed by atoms with Crippen molar-refractivity contribution in [2.75, 3.05) is 7.11 Å². The minimum absolute atomic E-state index is 0.235. The zero-order valence-corrected chi connectivity index (χ0v) is 11.6. The zero-order valence-electron chi connectivity index (χ0n) is 11.6. The Morgan fingerprint density at radius 2 is 2.05 bits per heavy atom. The maximum absolute atomic E-state index is 11.7. The average molecular weight is 288 g/mol. The number of hydrogen-bond acceptors (Lipinski definition) is 4. The lowest BCUT2D eigenvalue weighted by Crippen LogP contribution is -2.51. The van der Waals surface area contributed by atoms with Gasteiger partial charge in [0, 0.05) is 12.5 Å². The molecule has 1 aliphatic heterocycles. The number of rotatable bonds is 4. The number of nitrogens with one attached hydrogen (secondary N) is 2. The monoisotopic (exact) mass is 288 g/mol. The second-order valence-electron chi connectivity index (χ2n) is 4.62. The summed E-state index contributed by atoms with van der Waals surface area (Å²) in [6.07, 6.45) is 3.55. The van der Waals surface area contributed by atoms with E-state index in [1.54, 1.807) is 25.3 Å². The molecule has 1 aromatic rings. The third kappa shape index (κ3) is 4.17. The van der Waals surface area contributed by atoms with Crippen molar-refractivity contribution < 1.29 is 19.1 Å². The van der Waals surface area contributed by atoms with E-state index in [0.717, 1.165) is 11.3 Å². The molecular formula is C15H16N2O4. The highest BCUT2D eigenvalue weighted by Gasteiger charge is 2.27. The van der Waals surface area contributed by atoms with Crippen LogP contribution in [0.25, 0.3) is 6.08 Å². The van der Waals surface area contributed by atoms with Gasteiger partial charge in [0.15, 0.2) is 0 Å². The summed E-state index contributed by atoms with van der Waals surface area (Å²) in [6.45, 7) is 0. The maximum atomic E-state index is 11.7. The molecular weight excluding hydrogens is 272 g/mol. The molecule has 0 spiro atoms. The molecule has 21 heavy (non-hydrogen) atoms. The number of carbonyl (C=O) groups excluding carboxylic acids is 3. The van der Waals surface area contributed by atoms with Gasteiger partial charge in [-0.3, -0.25) is 19.7 Å². The molecule has 1 aliphatic rings. The van der Waals surface area contributed by atoms with Gasteiger partial charge in [-0.05, 0) is 30.2 Å². The molecule has 0 aromatic heterocycles. The number of ether oxygens (including phenoxy) is 1. The van der Waals surface area contributed by atoms with Crippen molar-refractivity contribution in [2.24, 2.45) is 0 Å². The number of methoxy groups -OCH3 is 1. The second kappa shape index (κ2) is 6.69. The van der Waals surface area contributed by atoms with Gasteiger partial charge >= 0.3 is 0 Å². The van der Waals surface area contributed by atoms with Crippen molar-refractivity contribution in [3.8, 4) is 5.75 Å². The van der Waals surface area contributed by atoms with Crippen LogP contribution in [0.3, 0.4) is 0 Å². The first-order valence-corrected chi connectivity index (χ1v) is 6.55. The van der Waals surface area contributed by atoms with E-state index in [0.29, 0.717) is 6.42 Å². The Morgan fingerprint density at radius 1 is 1.33 bits per heavy atom. The second-order valence-corrected chi connectivity index (χ2v) is 4.62. The third-order valence-corrected chi connectivity index (χ3v) is 3.10. The molecule has 0 radical (unpaired) electrons. The van der Waals surface area contributed by atoms with Crippen LogP contribution in [0.5, 0.6) is 5.75 Å². The number of benzene rings is 1. The van der Waals surface area contributed by atoms with Crippen LogP contribution < -0.4 is 15.4 Å². The summed E-state index contributed by atoms with van der Waals surface area (Å²) in [5, 5.41) is 4.76. The van der Waals surface area contributed by atoms with Gasteiger partial charge in [-0.25, -0.2) is 0 Å². The molecule has 2 N–H and O–H groups in total. The fourth-order valence-electron chi connectivity index (χ4n) is 1.94. The van der Waals surface area contributed by atoms with E-state index in [9.17, 15) is 14.4 Å². The van der Waals surface area contributed by atoms with Gasteiger partial charge in [0.05, 0.1) is 7.11 Å². The molecule has 1 aromatic carbocycles. The highest BCUT2D eigenvalue weighted by atomic mass is 16.5. The van der Waals surface area contributed by atoms with Crippen molar-refractivity contribution in [1.29, 1.82) is 0 Å². The van der Waals surface area contributed by atoms with E-state index < -0.39 is 11.9 Å². The quantitative estimate of drug-likeness (QED) is 0.628. The van der Waals surface area contributed by atoms with Crippen LogP contribution in [0, 0.1) is 0 Å². The molecule has 1 saturated heterocycles. The minimum Gasteiger partial charge on any atom is -0.497 e. The number of imide groups is 1. The first-order chi connectivity index (χ1) is 10.1. The number of amides is 3. The molecule has 1 atom stereocenters. The lowest BCUT2D eigenvalue weighted by atomic mass is 10.1. The van der Waals surface area contributed by atoms with Gasteiger partial charge in [0.1, 0.15) is 11.8 Å². The summed E-state index contributed by atoms with van der Waals surface area (Å²) in [7, 11) is 1.58. The van der Waals surface area contributed by atoms with Crippen LogP contribution in [0.15, 0.2) is 30.3 Å². The average Bonchev–Trinajstić information content (AvgIpc) is 2.48. The largest absolute Gasteiger partial charge is 0.497 e. The Labute approximate surface area is 122 Å². The number of piperidine rings is 1. The molecule has 0 saturated carbocycles. The van der Waals surface area contributed by atoms with Gasteiger partial charge in [0.2, 0.25) is 17.7 Å². The Kier molecular flexibility index (Phi) is 4.71. The number of carbonyl (C=O) groups is 3. The van der Waals surface area contributed by atoms with Crippen molar-refractivity contribution in [3.63, 3.8) is 0 Å². The topological polar surface area (TPSA) is 84.5 Å². The summed E-state index contributed by atoms with van der Waals surface area (Å²) >= 11 is 0. The molecule has 2 rings (SSSR count). The zero-order chi connectivity index (χ0) is 15.2. The molecule has 1 heterocycles. The van der Waals surface area contributed by atoms with E-state index in [4.69, 9.17) is 4.74 Å². The van der Waals surface area contributed by atoms with Gasteiger partial charge in [-0.1, -0.05) is 12.1 Å². The summed E-state index contributed by atoms with van der Waals surface area (Å²) in [4.78, 5) is 34.2. The van der Waals surface area contributed by atoms with Crippen LogP contribution in [-0.2, 0) is 14.4 Å². The predicted octanol–water partition coefficient (Wildman–Crippen LogP) is 0.630. The fraction of sp³-hybridized carbons (Fsp3) is 0.267. The van der Waals surface area contributed by atoms with E-state index in [1.807, 2.05) is 12.1 Å². The lowest BCUT2D eigenvalue weighted by Gasteiger charge is -2.20. The third-order valence-electron chi connectivity index (χ3n) is 3.10. The normalized spacial score (nSPS) is 18.4. The van der Waals surface area contributed by atoms with E-state index in [-0.39, 0.29) is 18.2 Å². The Balaban J connectivity index is 1.90. The summed E-state index contributed by atoms with van der Waals surface area (Å²) in [5.74, 6) is -0.405. The molecule has 0 aliphatic carbocycles.